The first-order valence-electron chi connectivity index (χ1n) is 7.14. The van der Waals surface area contributed by atoms with Crippen molar-refractivity contribution in [1.29, 1.82) is 0 Å². The first kappa shape index (κ1) is 14.1. The van der Waals surface area contributed by atoms with Crippen molar-refractivity contribution in [3.63, 3.8) is 0 Å². The number of nitrogens with zero attached hydrogens (tertiary/aromatic N) is 7. The molecule has 0 fully saturated rings. The number of carboxylic acid groups (broad SMARTS) is 1. The number of hydrogen-bond acceptors (Lipinski definition) is 5. The summed E-state index contributed by atoms with van der Waals surface area (Å²) in [4.78, 5) is 19.9. The van der Waals surface area contributed by atoms with E-state index in [9.17, 15) is 9.90 Å². The number of fused-ring (bicyclic) bond motifs is 1. The van der Waals surface area contributed by atoms with Crippen molar-refractivity contribution in [2.45, 2.75) is 0 Å². The molecule has 0 aliphatic rings. The summed E-state index contributed by atoms with van der Waals surface area (Å²) in [5.41, 5.74) is 3.14. The molecule has 1 N–H and O–H groups in total. The van der Waals surface area contributed by atoms with Gasteiger partial charge in [0, 0.05) is 26.5 Å². The number of aryl methyl sites for hydroxylation is 2. The molecule has 0 aliphatic heterocycles. The van der Waals surface area contributed by atoms with Crippen molar-refractivity contribution in [2.75, 3.05) is 0 Å². The van der Waals surface area contributed by atoms with Crippen LogP contribution in [0.1, 0.15) is 10.5 Å². The maximum absolute atomic E-state index is 11.5. The van der Waals surface area contributed by atoms with E-state index >= 15 is 0 Å². The summed E-state index contributed by atoms with van der Waals surface area (Å²) in [5.74, 6) is -1.12. The topological polar surface area (TPSA) is 103 Å². The number of carbonyl (C=O) groups is 1. The van der Waals surface area contributed by atoms with Crippen LogP contribution in [0.15, 0.2) is 36.9 Å². The molecular formula is C15H13N7O2. The van der Waals surface area contributed by atoms with E-state index in [0.717, 1.165) is 17.1 Å². The summed E-state index contributed by atoms with van der Waals surface area (Å²) in [5, 5.41) is 17.7. The van der Waals surface area contributed by atoms with Crippen molar-refractivity contribution in [3.8, 4) is 22.8 Å². The molecule has 0 saturated heterocycles. The Balaban J connectivity index is 2.09. The molecule has 0 aliphatic carbocycles. The second-order valence-electron chi connectivity index (χ2n) is 5.30. The van der Waals surface area contributed by atoms with Crippen molar-refractivity contribution < 1.29 is 9.90 Å². The van der Waals surface area contributed by atoms with Crippen LogP contribution in [0.25, 0.3) is 28.4 Å². The summed E-state index contributed by atoms with van der Waals surface area (Å²) in [6, 6.07) is 5.54. The molecule has 9 heteroatoms. The van der Waals surface area contributed by atoms with Gasteiger partial charge in [-0.05, 0) is 18.2 Å². The quantitative estimate of drug-likeness (QED) is 0.608. The lowest BCUT2D eigenvalue weighted by molar-refractivity contribution is 0.0693. The van der Waals surface area contributed by atoms with Crippen LogP contribution >= 0.6 is 0 Å². The number of aromatic carboxylic acids is 1. The van der Waals surface area contributed by atoms with Crippen molar-refractivity contribution in [2.24, 2.45) is 14.1 Å². The summed E-state index contributed by atoms with van der Waals surface area (Å²) in [7, 11) is 3.62. The largest absolute Gasteiger partial charge is 0.476 e. The minimum absolute atomic E-state index is 0.0950. The second-order valence-corrected chi connectivity index (χ2v) is 5.30. The average Bonchev–Trinajstić information content (AvgIpc) is 3.25. The summed E-state index contributed by atoms with van der Waals surface area (Å²) >= 11 is 0. The first-order chi connectivity index (χ1) is 11.6. The molecule has 0 unspecified atom stereocenters. The molecule has 0 radical (unpaired) electrons. The molecule has 9 nitrogen and oxygen atoms in total. The smallest absolute Gasteiger partial charge is 0.358 e. The highest BCUT2D eigenvalue weighted by atomic mass is 16.4. The van der Waals surface area contributed by atoms with Gasteiger partial charge in [0.2, 0.25) is 0 Å². The maximum atomic E-state index is 11.5. The third-order valence-corrected chi connectivity index (χ3v) is 3.87. The third kappa shape index (κ3) is 1.98. The highest BCUT2D eigenvalue weighted by Crippen LogP contribution is 2.26. The molecule has 4 heterocycles. The maximum Gasteiger partial charge on any atom is 0.358 e. The predicted molar refractivity (Wildman–Crippen MR) is 84.4 cm³/mol. The monoisotopic (exact) mass is 323 g/mol. The van der Waals surface area contributed by atoms with Crippen LogP contribution in [0.4, 0.5) is 0 Å². The van der Waals surface area contributed by atoms with Crippen LogP contribution in [0.2, 0.25) is 0 Å². The van der Waals surface area contributed by atoms with Crippen LogP contribution in [0.3, 0.4) is 0 Å². The lowest BCUT2D eigenvalue weighted by Gasteiger charge is -2.09. The Labute approximate surface area is 135 Å². The number of rotatable bonds is 3. The Bertz CT molecular complexity index is 1070. The Morgan fingerprint density at radius 1 is 1.04 bits per heavy atom. The van der Waals surface area contributed by atoms with E-state index in [4.69, 9.17) is 0 Å². The molecular weight excluding hydrogens is 310 g/mol. The van der Waals surface area contributed by atoms with E-state index in [1.165, 1.54) is 6.33 Å². The number of imidazole rings is 1. The molecule has 0 bridgehead atoms. The molecule has 120 valence electrons. The number of aromatic nitrogens is 7. The summed E-state index contributed by atoms with van der Waals surface area (Å²) in [6.07, 6.45) is 4.81. The molecule has 0 spiro atoms. The molecule has 0 aromatic carbocycles. The Hall–Kier alpha value is -3.49. The molecule has 0 amide bonds. The van der Waals surface area contributed by atoms with Gasteiger partial charge in [-0.1, -0.05) is 0 Å². The van der Waals surface area contributed by atoms with E-state index in [1.807, 2.05) is 25.2 Å². The Morgan fingerprint density at radius 2 is 1.71 bits per heavy atom. The van der Waals surface area contributed by atoms with E-state index < -0.39 is 5.97 Å². The fraction of sp³-hybridized carbons (Fsp3) is 0.133. The van der Waals surface area contributed by atoms with Crippen LogP contribution in [-0.4, -0.2) is 45.0 Å². The van der Waals surface area contributed by atoms with E-state index in [2.05, 4.69) is 20.2 Å². The second kappa shape index (κ2) is 5.01. The van der Waals surface area contributed by atoms with Gasteiger partial charge in [0.05, 0.1) is 22.8 Å². The molecule has 0 atom stereocenters. The minimum Gasteiger partial charge on any atom is -0.476 e. The van der Waals surface area contributed by atoms with Gasteiger partial charge < -0.3 is 5.11 Å². The van der Waals surface area contributed by atoms with E-state index in [0.29, 0.717) is 5.69 Å². The van der Waals surface area contributed by atoms with Gasteiger partial charge in [-0.25, -0.2) is 14.8 Å². The lowest BCUT2D eigenvalue weighted by atomic mass is 10.2. The molecule has 0 saturated carbocycles. The summed E-state index contributed by atoms with van der Waals surface area (Å²) < 4.78 is 5.05. The Morgan fingerprint density at radius 3 is 2.29 bits per heavy atom. The number of hydrogen-bond donors (Lipinski definition) is 1. The molecule has 24 heavy (non-hydrogen) atoms. The van der Waals surface area contributed by atoms with Crippen LogP contribution in [-0.2, 0) is 14.1 Å². The van der Waals surface area contributed by atoms with Gasteiger partial charge in [0.15, 0.2) is 11.3 Å². The van der Waals surface area contributed by atoms with Gasteiger partial charge >= 0.3 is 5.97 Å². The van der Waals surface area contributed by atoms with Crippen molar-refractivity contribution in [3.05, 3.63) is 42.6 Å². The van der Waals surface area contributed by atoms with Gasteiger partial charge in [-0.3, -0.25) is 13.8 Å². The van der Waals surface area contributed by atoms with Gasteiger partial charge in [0.1, 0.15) is 6.33 Å². The molecule has 4 aromatic heterocycles. The van der Waals surface area contributed by atoms with Gasteiger partial charge in [-0.2, -0.15) is 10.2 Å². The van der Waals surface area contributed by atoms with Crippen LogP contribution in [0.5, 0.6) is 0 Å². The zero-order valence-electron chi connectivity index (χ0n) is 13.0. The normalized spacial score (nSPS) is 11.2. The Kier molecular flexibility index (Phi) is 2.95. The predicted octanol–water partition coefficient (Wildman–Crippen LogP) is 1.23. The van der Waals surface area contributed by atoms with E-state index in [-0.39, 0.29) is 11.3 Å². The van der Waals surface area contributed by atoms with Crippen LogP contribution in [0, 0.1) is 0 Å². The molecule has 4 rings (SSSR count). The fourth-order valence-corrected chi connectivity index (χ4v) is 2.70. The summed E-state index contributed by atoms with van der Waals surface area (Å²) in [6.45, 7) is 0. The lowest BCUT2D eigenvalue weighted by Crippen LogP contribution is -2.05. The highest BCUT2D eigenvalue weighted by Gasteiger charge is 2.19. The number of carboxylic acids is 1. The fourth-order valence-electron chi connectivity index (χ4n) is 2.70. The molecule has 4 aromatic rings. The van der Waals surface area contributed by atoms with Crippen molar-refractivity contribution >= 4 is 11.6 Å². The average molecular weight is 323 g/mol. The standard InChI is InChI=1S/C15H13N7O2/c1-20-10(3-5-17-20)9-7-12(11-4-6-18-21(11)2)22-8-16-13(15(23)24)14(22)19-9/h3-8H,1-2H3,(H,23,24). The third-order valence-electron chi connectivity index (χ3n) is 3.87. The van der Waals surface area contributed by atoms with Gasteiger partial charge in [-0.15, -0.1) is 0 Å². The van der Waals surface area contributed by atoms with Crippen molar-refractivity contribution in [1.82, 2.24) is 33.9 Å². The zero-order valence-corrected chi connectivity index (χ0v) is 13.0. The zero-order chi connectivity index (χ0) is 16.8. The SMILES string of the molecule is Cn1nccc1-c1cc(-c2ccnn2C)n2cnc(C(=O)O)c2n1. The first-order valence-corrected chi connectivity index (χ1v) is 7.14. The van der Waals surface area contributed by atoms with Gasteiger partial charge in [0.25, 0.3) is 0 Å². The minimum atomic E-state index is -1.12. The van der Waals surface area contributed by atoms with Crippen LogP contribution < -0.4 is 0 Å². The van der Waals surface area contributed by atoms with E-state index in [1.54, 1.807) is 33.2 Å². The highest BCUT2D eigenvalue weighted by molar-refractivity contribution is 5.93.